The Bertz CT molecular complexity index is 818. The summed E-state index contributed by atoms with van der Waals surface area (Å²) in [6.45, 7) is 0. The summed E-state index contributed by atoms with van der Waals surface area (Å²) in [7, 11) is 0. The molecule has 5 heteroatoms. The average molecular weight is 268 g/mol. The van der Waals surface area contributed by atoms with E-state index >= 15 is 0 Å². The van der Waals surface area contributed by atoms with Crippen molar-refractivity contribution in [1.29, 1.82) is 0 Å². The van der Waals surface area contributed by atoms with Gasteiger partial charge in [0.05, 0.1) is 16.6 Å². The number of rotatable bonds is 2. The number of hydrogen-bond donors (Lipinski definition) is 1. The molecule has 1 heterocycles. The number of phenolic OH excluding ortho intramolecular Hbond substituents is 1. The molecule has 0 saturated heterocycles. The molecule has 0 radical (unpaired) electrons. The van der Waals surface area contributed by atoms with Gasteiger partial charge in [-0.25, -0.2) is 4.39 Å². The lowest BCUT2D eigenvalue weighted by molar-refractivity contribution is 0.103. The summed E-state index contributed by atoms with van der Waals surface area (Å²) >= 11 is 0. The predicted molar refractivity (Wildman–Crippen MR) is 71.0 cm³/mol. The highest BCUT2D eigenvalue weighted by molar-refractivity contribution is 6.10. The molecule has 0 saturated carbocycles. The van der Waals surface area contributed by atoms with Gasteiger partial charge in [0.1, 0.15) is 11.6 Å². The van der Waals surface area contributed by atoms with Crippen LogP contribution in [0.2, 0.25) is 0 Å². The fourth-order valence-electron chi connectivity index (χ4n) is 1.95. The Kier molecular flexibility index (Phi) is 2.87. The molecular weight excluding hydrogens is 259 g/mol. The zero-order valence-corrected chi connectivity index (χ0v) is 10.2. The monoisotopic (exact) mass is 268 g/mol. The van der Waals surface area contributed by atoms with Gasteiger partial charge in [0.15, 0.2) is 5.78 Å². The number of phenols is 1. The van der Waals surface area contributed by atoms with E-state index in [0.29, 0.717) is 16.6 Å². The van der Waals surface area contributed by atoms with Crippen LogP contribution in [0, 0.1) is 5.82 Å². The average Bonchev–Trinajstić information content (AvgIpc) is 2.48. The minimum atomic E-state index is -0.674. The Hall–Kier alpha value is -2.82. The molecule has 4 nitrogen and oxygen atoms in total. The summed E-state index contributed by atoms with van der Waals surface area (Å²) in [5.74, 6) is -1.34. The van der Waals surface area contributed by atoms with Crippen molar-refractivity contribution in [2.45, 2.75) is 0 Å². The van der Waals surface area contributed by atoms with Crippen LogP contribution in [0.15, 0.2) is 48.8 Å². The standard InChI is InChI=1S/C15H9FN2O2/c16-12-3-2-10(19)8-11(12)15(20)9-1-4-13-14(7-9)18-6-5-17-13/h1-8,19H. The van der Waals surface area contributed by atoms with E-state index in [4.69, 9.17) is 0 Å². The van der Waals surface area contributed by atoms with E-state index in [1.807, 2.05) is 0 Å². The highest BCUT2D eigenvalue weighted by Gasteiger charge is 2.15. The molecule has 2 aromatic carbocycles. The summed E-state index contributed by atoms with van der Waals surface area (Å²) in [6, 6.07) is 8.12. The Morgan fingerprint density at radius 3 is 2.55 bits per heavy atom. The summed E-state index contributed by atoms with van der Waals surface area (Å²) in [6.07, 6.45) is 3.07. The lowest BCUT2D eigenvalue weighted by atomic mass is 10.0. The highest BCUT2D eigenvalue weighted by atomic mass is 19.1. The maximum atomic E-state index is 13.7. The zero-order valence-electron chi connectivity index (χ0n) is 10.2. The predicted octanol–water partition coefficient (Wildman–Crippen LogP) is 2.71. The molecule has 0 aliphatic carbocycles. The SMILES string of the molecule is O=C(c1ccc2nccnc2c1)c1cc(O)ccc1F. The van der Waals surface area contributed by atoms with Crippen LogP contribution >= 0.6 is 0 Å². The molecule has 0 amide bonds. The van der Waals surface area contributed by atoms with Gasteiger partial charge in [0, 0.05) is 18.0 Å². The van der Waals surface area contributed by atoms with Gasteiger partial charge in [-0.3, -0.25) is 14.8 Å². The van der Waals surface area contributed by atoms with E-state index in [9.17, 15) is 14.3 Å². The van der Waals surface area contributed by atoms with Crippen molar-refractivity contribution in [1.82, 2.24) is 9.97 Å². The fourth-order valence-corrected chi connectivity index (χ4v) is 1.95. The van der Waals surface area contributed by atoms with Crippen LogP contribution in [0.5, 0.6) is 5.75 Å². The third-order valence-electron chi connectivity index (χ3n) is 2.93. The number of hydrogen-bond acceptors (Lipinski definition) is 4. The van der Waals surface area contributed by atoms with Crippen LogP contribution in [0.4, 0.5) is 4.39 Å². The third-order valence-corrected chi connectivity index (χ3v) is 2.93. The van der Waals surface area contributed by atoms with Crippen LogP contribution in [0.3, 0.4) is 0 Å². The molecule has 3 rings (SSSR count). The number of nitrogens with zero attached hydrogens (tertiary/aromatic N) is 2. The molecule has 98 valence electrons. The lowest BCUT2D eigenvalue weighted by Crippen LogP contribution is -2.04. The van der Waals surface area contributed by atoms with E-state index in [-0.39, 0.29) is 11.3 Å². The Labute approximate surface area is 113 Å². The second-order valence-corrected chi connectivity index (χ2v) is 4.25. The van der Waals surface area contributed by atoms with Gasteiger partial charge in [-0.05, 0) is 36.4 Å². The minimum absolute atomic E-state index is 0.157. The smallest absolute Gasteiger partial charge is 0.196 e. The second kappa shape index (κ2) is 4.70. The van der Waals surface area contributed by atoms with Gasteiger partial charge >= 0.3 is 0 Å². The van der Waals surface area contributed by atoms with Crippen LogP contribution in [-0.4, -0.2) is 20.9 Å². The fraction of sp³-hybridized carbons (Fsp3) is 0. The van der Waals surface area contributed by atoms with Crippen LogP contribution in [-0.2, 0) is 0 Å². The second-order valence-electron chi connectivity index (χ2n) is 4.25. The highest BCUT2D eigenvalue weighted by Crippen LogP contribution is 2.20. The normalized spacial score (nSPS) is 10.7. The molecule has 1 N–H and O–H groups in total. The van der Waals surface area contributed by atoms with Gasteiger partial charge in [-0.15, -0.1) is 0 Å². The number of ketones is 1. The molecule has 0 fully saturated rings. The first-order chi connectivity index (χ1) is 9.65. The number of halogens is 1. The van der Waals surface area contributed by atoms with Crippen molar-refractivity contribution < 1.29 is 14.3 Å². The maximum Gasteiger partial charge on any atom is 0.196 e. The number of aromatic hydroxyl groups is 1. The van der Waals surface area contributed by atoms with Gasteiger partial charge in [-0.1, -0.05) is 0 Å². The first kappa shape index (κ1) is 12.2. The molecule has 0 atom stereocenters. The maximum absolute atomic E-state index is 13.7. The Balaban J connectivity index is 2.10. The molecule has 0 spiro atoms. The third kappa shape index (κ3) is 2.09. The molecule has 3 aromatic rings. The van der Waals surface area contributed by atoms with Gasteiger partial charge in [-0.2, -0.15) is 0 Å². The summed E-state index contributed by atoms with van der Waals surface area (Å²) < 4.78 is 13.7. The number of benzene rings is 2. The summed E-state index contributed by atoms with van der Waals surface area (Å²) in [4.78, 5) is 20.5. The minimum Gasteiger partial charge on any atom is -0.508 e. The number of aromatic nitrogens is 2. The summed E-state index contributed by atoms with van der Waals surface area (Å²) in [5, 5.41) is 9.36. The molecule has 20 heavy (non-hydrogen) atoms. The van der Waals surface area contributed by atoms with Gasteiger partial charge < -0.3 is 5.11 Å². The van der Waals surface area contributed by atoms with Gasteiger partial charge in [0.25, 0.3) is 0 Å². The van der Waals surface area contributed by atoms with Crippen LogP contribution < -0.4 is 0 Å². The topological polar surface area (TPSA) is 63.1 Å². The van der Waals surface area contributed by atoms with Crippen molar-refractivity contribution in [2.75, 3.05) is 0 Å². The van der Waals surface area contributed by atoms with Crippen molar-refractivity contribution in [3.8, 4) is 5.75 Å². The molecule has 0 unspecified atom stereocenters. The Morgan fingerprint density at radius 1 is 1.00 bits per heavy atom. The van der Waals surface area contributed by atoms with E-state index in [1.165, 1.54) is 12.3 Å². The number of carbonyl (C=O) groups excluding carboxylic acids is 1. The molecule has 1 aromatic heterocycles. The van der Waals surface area contributed by atoms with Crippen molar-refractivity contribution in [2.24, 2.45) is 0 Å². The molecule has 0 aliphatic heterocycles. The van der Waals surface area contributed by atoms with Crippen LogP contribution in [0.1, 0.15) is 15.9 Å². The summed E-state index contributed by atoms with van der Waals surface area (Å²) in [5.41, 5.74) is 1.33. The number of fused-ring (bicyclic) bond motifs is 1. The number of carbonyl (C=O) groups is 1. The van der Waals surface area contributed by atoms with Gasteiger partial charge in [0.2, 0.25) is 0 Å². The lowest BCUT2D eigenvalue weighted by Gasteiger charge is -2.04. The quantitative estimate of drug-likeness (QED) is 0.726. The van der Waals surface area contributed by atoms with E-state index in [1.54, 1.807) is 24.4 Å². The van der Waals surface area contributed by atoms with Crippen molar-refractivity contribution in [3.05, 3.63) is 65.7 Å². The van der Waals surface area contributed by atoms with E-state index in [2.05, 4.69) is 9.97 Å². The molecular formula is C15H9FN2O2. The van der Waals surface area contributed by atoms with Crippen molar-refractivity contribution in [3.63, 3.8) is 0 Å². The first-order valence-electron chi connectivity index (χ1n) is 5.89. The largest absolute Gasteiger partial charge is 0.508 e. The first-order valence-corrected chi connectivity index (χ1v) is 5.89. The molecule has 0 bridgehead atoms. The van der Waals surface area contributed by atoms with Crippen molar-refractivity contribution >= 4 is 16.8 Å². The van der Waals surface area contributed by atoms with E-state index < -0.39 is 11.6 Å². The van der Waals surface area contributed by atoms with Crippen LogP contribution in [0.25, 0.3) is 11.0 Å². The Morgan fingerprint density at radius 2 is 1.75 bits per heavy atom. The zero-order chi connectivity index (χ0) is 14.1. The molecule has 0 aliphatic rings. The van der Waals surface area contributed by atoms with E-state index in [0.717, 1.165) is 12.1 Å².